The Morgan fingerprint density at radius 1 is 1.00 bits per heavy atom. The van der Waals surface area contributed by atoms with E-state index < -0.39 is 0 Å². The number of anilines is 1. The molecule has 0 aliphatic carbocycles. The van der Waals surface area contributed by atoms with Crippen molar-refractivity contribution in [3.8, 4) is 17.2 Å². The van der Waals surface area contributed by atoms with Crippen LogP contribution in [0.1, 0.15) is 35.7 Å². The minimum atomic E-state index is -0.342. The average Bonchev–Trinajstić information content (AvgIpc) is 3.49. The predicted octanol–water partition coefficient (Wildman–Crippen LogP) is 4.62. The lowest BCUT2D eigenvalue weighted by Gasteiger charge is -2.09. The molecule has 1 aliphatic heterocycles. The zero-order valence-corrected chi connectivity index (χ0v) is 19.4. The molecule has 5 rings (SSSR count). The van der Waals surface area contributed by atoms with Crippen LogP contribution in [0.5, 0.6) is 11.5 Å². The number of aryl methyl sites for hydroxylation is 1. The van der Waals surface area contributed by atoms with Crippen LogP contribution in [-0.2, 0) is 6.42 Å². The number of thiocarbonyl (C=S) groups is 1. The Morgan fingerprint density at radius 3 is 2.62 bits per heavy atom. The monoisotopic (exact) mass is 473 g/mol. The lowest BCUT2D eigenvalue weighted by molar-refractivity contribution is 0.0977. The van der Waals surface area contributed by atoms with E-state index in [1.165, 1.54) is 18.4 Å². The molecule has 0 unspecified atom stereocenters. The van der Waals surface area contributed by atoms with Crippen LogP contribution in [0, 0.1) is 0 Å². The van der Waals surface area contributed by atoms with Crippen LogP contribution in [0.15, 0.2) is 60.7 Å². The molecule has 9 heteroatoms. The lowest BCUT2D eigenvalue weighted by atomic mass is 10.1. The van der Waals surface area contributed by atoms with Crippen LogP contribution in [0.25, 0.3) is 16.7 Å². The molecule has 0 radical (unpaired) electrons. The average molecular weight is 474 g/mol. The number of benzene rings is 3. The van der Waals surface area contributed by atoms with Crippen molar-refractivity contribution in [3.05, 3.63) is 71.8 Å². The predicted molar refractivity (Wildman–Crippen MR) is 134 cm³/mol. The molecule has 0 saturated carbocycles. The van der Waals surface area contributed by atoms with E-state index in [1.54, 1.807) is 23.0 Å². The van der Waals surface area contributed by atoms with Crippen LogP contribution < -0.4 is 20.1 Å². The van der Waals surface area contributed by atoms with Gasteiger partial charge in [-0.05, 0) is 79.2 Å². The van der Waals surface area contributed by atoms with Crippen molar-refractivity contribution >= 4 is 40.0 Å². The van der Waals surface area contributed by atoms with Gasteiger partial charge < -0.3 is 14.8 Å². The van der Waals surface area contributed by atoms with Gasteiger partial charge in [-0.1, -0.05) is 25.5 Å². The van der Waals surface area contributed by atoms with Gasteiger partial charge in [0.25, 0.3) is 5.91 Å². The first-order chi connectivity index (χ1) is 16.6. The number of ether oxygens (including phenoxy) is 2. The van der Waals surface area contributed by atoms with E-state index in [4.69, 9.17) is 21.7 Å². The molecular weight excluding hydrogens is 450 g/mol. The summed E-state index contributed by atoms with van der Waals surface area (Å²) in [6, 6.07) is 18.8. The molecule has 34 heavy (non-hydrogen) atoms. The second-order valence-electron chi connectivity index (χ2n) is 7.94. The molecule has 0 atom stereocenters. The van der Waals surface area contributed by atoms with Gasteiger partial charge in [0.05, 0.1) is 5.69 Å². The van der Waals surface area contributed by atoms with Crippen LogP contribution in [0.4, 0.5) is 5.69 Å². The van der Waals surface area contributed by atoms with E-state index in [0.29, 0.717) is 28.3 Å². The molecule has 0 saturated heterocycles. The third-order valence-corrected chi connectivity index (χ3v) is 5.69. The number of rotatable bonds is 6. The van der Waals surface area contributed by atoms with E-state index in [-0.39, 0.29) is 17.8 Å². The molecule has 8 nitrogen and oxygen atoms in total. The Hall–Kier alpha value is -3.98. The maximum absolute atomic E-state index is 12.5. The van der Waals surface area contributed by atoms with Crippen molar-refractivity contribution < 1.29 is 14.3 Å². The fraction of sp³-hybridized carbons (Fsp3) is 0.200. The summed E-state index contributed by atoms with van der Waals surface area (Å²) < 4.78 is 10.6. The molecule has 0 fully saturated rings. The minimum Gasteiger partial charge on any atom is -0.454 e. The lowest BCUT2D eigenvalue weighted by Crippen LogP contribution is -2.34. The quantitative estimate of drug-likeness (QED) is 0.395. The van der Waals surface area contributed by atoms with Crippen LogP contribution in [0.3, 0.4) is 0 Å². The third kappa shape index (κ3) is 4.69. The van der Waals surface area contributed by atoms with Crippen molar-refractivity contribution in [3.63, 3.8) is 0 Å². The first-order valence-corrected chi connectivity index (χ1v) is 11.5. The molecule has 172 valence electrons. The van der Waals surface area contributed by atoms with E-state index >= 15 is 0 Å². The summed E-state index contributed by atoms with van der Waals surface area (Å²) in [7, 11) is 0. The van der Waals surface area contributed by atoms with E-state index in [9.17, 15) is 4.79 Å². The minimum absolute atomic E-state index is 0.151. The summed E-state index contributed by atoms with van der Waals surface area (Å²) in [6.45, 7) is 2.34. The van der Waals surface area contributed by atoms with E-state index in [1.807, 2.05) is 30.3 Å². The van der Waals surface area contributed by atoms with Gasteiger partial charge in [0.15, 0.2) is 16.6 Å². The number of unbranched alkanes of at least 4 members (excludes halogenated alkanes) is 1. The number of nitrogens with zero attached hydrogens (tertiary/aromatic N) is 3. The molecule has 1 amide bonds. The van der Waals surface area contributed by atoms with Crippen LogP contribution in [-0.4, -0.2) is 32.8 Å². The Bertz CT molecular complexity index is 1370. The van der Waals surface area contributed by atoms with Gasteiger partial charge in [-0.2, -0.15) is 4.80 Å². The first kappa shape index (κ1) is 21.8. The van der Waals surface area contributed by atoms with Gasteiger partial charge in [-0.15, -0.1) is 10.2 Å². The van der Waals surface area contributed by atoms with Gasteiger partial charge in [-0.3, -0.25) is 10.1 Å². The van der Waals surface area contributed by atoms with Crippen molar-refractivity contribution in [2.24, 2.45) is 0 Å². The summed E-state index contributed by atoms with van der Waals surface area (Å²) >= 11 is 5.32. The van der Waals surface area contributed by atoms with Gasteiger partial charge in [0.2, 0.25) is 6.79 Å². The Morgan fingerprint density at radius 2 is 1.79 bits per heavy atom. The highest BCUT2D eigenvalue weighted by Crippen LogP contribution is 2.32. The molecule has 1 aliphatic rings. The zero-order valence-electron chi connectivity index (χ0n) is 18.6. The van der Waals surface area contributed by atoms with Gasteiger partial charge in [-0.25, -0.2) is 0 Å². The van der Waals surface area contributed by atoms with Crippen molar-refractivity contribution in [2.45, 2.75) is 26.2 Å². The number of aromatic nitrogens is 3. The Balaban J connectivity index is 1.25. The number of carbonyl (C=O) groups is 1. The summed E-state index contributed by atoms with van der Waals surface area (Å²) in [6.07, 6.45) is 3.43. The summed E-state index contributed by atoms with van der Waals surface area (Å²) in [5.41, 5.74) is 4.81. The molecule has 0 bridgehead atoms. The van der Waals surface area contributed by atoms with Gasteiger partial charge >= 0.3 is 0 Å². The molecule has 4 aromatic rings. The highest BCUT2D eigenvalue weighted by Gasteiger charge is 2.17. The van der Waals surface area contributed by atoms with E-state index in [0.717, 1.165) is 17.6 Å². The number of amides is 1. The van der Waals surface area contributed by atoms with E-state index in [2.05, 4.69) is 39.9 Å². The number of hydrogen-bond donors (Lipinski definition) is 2. The number of nitrogens with one attached hydrogen (secondary N) is 2. The highest BCUT2D eigenvalue weighted by molar-refractivity contribution is 7.80. The highest BCUT2D eigenvalue weighted by atomic mass is 32.1. The topological polar surface area (TPSA) is 90.3 Å². The molecular formula is C25H23N5O3S. The maximum Gasteiger partial charge on any atom is 0.257 e. The van der Waals surface area contributed by atoms with Crippen molar-refractivity contribution in [1.29, 1.82) is 0 Å². The first-order valence-electron chi connectivity index (χ1n) is 11.1. The third-order valence-electron chi connectivity index (χ3n) is 5.49. The second kappa shape index (κ2) is 9.48. The van der Waals surface area contributed by atoms with Gasteiger partial charge in [0, 0.05) is 11.3 Å². The number of fused-ring (bicyclic) bond motifs is 2. The summed E-state index contributed by atoms with van der Waals surface area (Å²) in [5.74, 6) is 0.812. The normalized spacial score (nSPS) is 12.0. The molecule has 0 spiro atoms. The summed E-state index contributed by atoms with van der Waals surface area (Å²) in [5, 5.41) is 15.0. The van der Waals surface area contributed by atoms with Crippen LogP contribution >= 0.6 is 12.2 Å². The largest absolute Gasteiger partial charge is 0.454 e. The standard InChI is InChI=1S/C25H23N5O3S/c1-2-3-4-16-5-9-19(10-6-16)30-28-20-11-8-18(14-21(20)29-30)26-25(34)27-24(31)17-7-12-22-23(13-17)33-15-32-22/h5-14H,2-4,15H2,1H3,(H2,26,27,31,34). The van der Waals surface area contributed by atoms with Crippen LogP contribution in [0.2, 0.25) is 0 Å². The SMILES string of the molecule is CCCCc1ccc(-n2nc3ccc(NC(=S)NC(=O)c4ccc5c(c4)OCO5)cc3n2)cc1. The number of hydrogen-bond acceptors (Lipinski definition) is 6. The molecule has 2 N–H and O–H groups in total. The fourth-order valence-corrected chi connectivity index (χ4v) is 3.87. The number of carbonyl (C=O) groups excluding carboxylic acids is 1. The molecule has 3 aromatic carbocycles. The van der Waals surface area contributed by atoms with Gasteiger partial charge in [0.1, 0.15) is 11.0 Å². The zero-order chi connectivity index (χ0) is 23.5. The van der Waals surface area contributed by atoms with Crippen molar-refractivity contribution in [2.75, 3.05) is 12.1 Å². The molecule has 1 aromatic heterocycles. The molecule has 2 heterocycles. The fourth-order valence-electron chi connectivity index (χ4n) is 3.66. The summed E-state index contributed by atoms with van der Waals surface area (Å²) in [4.78, 5) is 14.2. The maximum atomic E-state index is 12.5. The Kier molecular flexibility index (Phi) is 6.09. The van der Waals surface area contributed by atoms with Crippen molar-refractivity contribution in [1.82, 2.24) is 20.3 Å². The second-order valence-corrected chi connectivity index (χ2v) is 8.35. The Labute approximate surface area is 201 Å². The smallest absolute Gasteiger partial charge is 0.257 e.